The molecular formula is C14H15NOS2. The molecule has 2 heterocycles. The third-order valence-corrected chi connectivity index (χ3v) is 4.31. The topological polar surface area (TPSA) is 29.1 Å². The van der Waals surface area contributed by atoms with Crippen LogP contribution in [0.1, 0.15) is 14.6 Å². The summed E-state index contributed by atoms with van der Waals surface area (Å²) in [6.45, 7) is 2.75. The zero-order chi connectivity index (χ0) is 12.8. The van der Waals surface area contributed by atoms with Crippen LogP contribution in [0.2, 0.25) is 0 Å². The van der Waals surface area contributed by atoms with Crippen molar-refractivity contribution in [3.05, 3.63) is 50.4 Å². The van der Waals surface area contributed by atoms with Gasteiger partial charge >= 0.3 is 0 Å². The molecule has 0 fully saturated rings. The highest BCUT2D eigenvalue weighted by atomic mass is 32.1. The van der Waals surface area contributed by atoms with Crippen molar-refractivity contribution in [3.8, 4) is 0 Å². The van der Waals surface area contributed by atoms with E-state index >= 15 is 0 Å². The normalized spacial score (nSPS) is 10.9. The summed E-state index contributed by atoms with van der Waals surface area (Å²) in [6, 6.07) is 8.19. The van der Waals surface area contributed by atoms with E-state index in [0.717, 1.165) is 11.3 Å². The van der Waals surface area contributed by atoms with Gasteiger partial charge in [-0.25, -0.2) is 0 Å². The van der Waals surface area contributed by atoms with Gasteiger partial charge < -0.3 is 5.32 Å². The standard InChI is InChI=1S/C14H15NOS2/c1-11-4-5-13(18-11)6-7-14(16)15-9-8-12-3-2-10-17-12/h2-7,10H,8-9H2,1H3,(H,15,16)/b7-6+. The van der Waals surface area contributed by atoms with Gasteiger partial charge in [-0.3, -0.25) is 4.79 Å². The van der Waals surface area contributed by atoms with Gasteiger partial charge in [-0.15, -0.1) is 22.7 Å². The quantitative estimate of drug-likeness (QED) is 0.833. The molecule has 0 bridgehead atoms. The van der Waals surface area contributed by atoms with E-state index in [4.69, 9.17) is 0 Å². The largest absolute Gasteiger partial charge is 0.352 e. The molecule has 4 heteroatoms. The lowest BCUT2D eigenvalue weighted by Crippen LogP contribution is -2.23. The van der Waals surface area contributed by atoms with Crippen molar-refractivity contribution in [2.24, 2.45) is 0 Å². The van der Waals surface area contributed by atoms with E-state index in [1.165, 1.54) is 9.75 Å². The Balaban J connectivity index is 1.73. The summed E-state index contributed by atoms with van der Waals surface area (Å²) in [5, 5.41) is 4.94. The van der Waals surface area contributed by atoms with E-state index in [-0.39, 0.29) is 5.91 Å². The fourth-order valence-corrected chi connectivity index (χ4v) is 3.01. The summed E-state index contributed by atoms with van der Waals surface area (Å²) in [5.41, 5.74) is 0. The maximum absolute atomic E-state index is 11.6. The summed E-state index contributed by atoms with van der Waals surface area (Å²) < 4.78 is 0. The van der Waals surface area contributed by atoms with Gasteiger partial charge in [0, 0.05) is 27.3 Å². The van der Waals surface area contributed by atoms with Crippen LogP contribution in [0, 0.1) is 6.92 Å². The number of aryl methyl sites for hydroxylation is 1. The first kappa shape index (κ1) is 13.1. The van der Waals surface area contributed by atoms with Gasteiger partial charge in [-0.2, -0.15) is 0 Å². The highest BCUT2D eigenvalue weighted by Crippen LogP contribution is 2.16. The van der Waals surface area contributed by atoms with Crippen molar-refractivity contribution in [1.29, 1.82) is 0 Å². The lowest BCUT2D eigenvalue weighted by molar-refractivity contribution is -0.116. The van der Waals surface area contributed by atoms with Gasteiger partial charge in [0.25, 0.3) is 0 Å². The number of amides is 1. The first-order chi connectivity index (χ1) is 8.74. The monoisotopic (exact) mass is 277 g/mol. The number of rotatable bonds is 5. The third kappa shape index (κ3) is 4.13. The number of thiophene rings is 2. The lowest BCUT2D eigenvalue weighted by atomic mass is 10.3. The zero-order valence-corrected chi connectivity index (χ0v) is 11.8. The SMILES string of the molecule is Cc1ccc(/C=C/C(=O)NCCc2cccs2)s1. The summed E-state index contributed by atoms with van der Waals surface area (Å²) in [5.74, 6) is -0.0300. The second-order valence-electron chi connectivity index (χ2n) is 3.90. The van der Waals surface area contributed by atoms with E-state index < -0.39 is 0 Å². The molecule has 0 radical (unpaired) electrons. The number of hydrogen-bond acceptors (Lipinski definition) is 3. The van der Waals surface area contributed by atoms with Crippen LogP contribution in [0.25, 0.3) is 6.08 Å². The zero-order valence-electron chi connectivity index (χ0n) is 10.2. The maximum atomic E-state index is 11.6. The van der Waals surface area contributed by atoms with Crippen molar-refractivity contribution in [2.75, 3.05) is 6.54 Å². The van der Waals surface area contributed by atoms with Crippen LogP contribution in [0.15, 0.2) is 35.7 Å². The van der Waals surface area contributed by atoms with Gasteiger partial charge in [-0.1, -0.05) is 6.07 Å². The fourth-order valence-electron chi connectivity index (χ4n) is 1.52. The average Bonchev–Trinajstić information content (AvgIpc) is 2.98. The maximum Gasteiger partial charge on any atom is 0.244 e. The summed E-state index contributed by atoms with van der Waals surface area (Å²) in [7, 11) is 0. The van der Waals surface area contributed by atoms with E-state index in [9.17, 15) is 4.79 Å². The number of nitrogens with one attached hydrogen (secondary N) is 1. The molecule has 0 spiro atoms. The van der Waals surface area contributed by atoms with Crippen LogP contribution in [0.4, 0.5) is 0 Å². The Labute approximate surface area is 115 Å². The molecule has 2 nitrogen and oxygen atoms in total. The molecule has 0 unspecified atom stereocenters. The van der Waals surface area contributed by atoms with Gasteiger partial charge in [-0.05, 0) is 43.0 Å². The van der Waals surface area contributed by atoms with Crippen molar-refractivity contribution in [3.63, 3.8) is 0 Å². The first-order valence-corrected chi connectivity index (χ1v) is 7.48. The van der Waals surface area contributed by atoms with E-state index in [2.05, 4.69) is 29.8 Å². The highest BCUT2D eigenvalue weighted by Gasteiger charge is 1.97. The van der Waals surface area contributed by atoms with Crippen LogP contribution in [-0.2, 0) is 11.2 Å². The van der Waals surface area contributed by atoms with Gasteiger partial charge in [0.15, 0.2) is 0 Å². The average molecular weight is 277 g/mol. The molecule has 0 saturated heterocycles. The molecule has 0 aliphatic rings. The van der Waals surface area contributed by atoms with Crippen molar-refractivity contribution in [1.82, 2.24) is 5.32 Å². The van der Waals surface area contributed by atoms with Crippen molar-refractivity contribution in [2.45, 2.75) is 13.3 Å². The predicted octanol–water partition coefficient (Wildman–Crippen LogP) is 3.49. The summed E-state index contributed by atoms with van der Waals surface area (Å²) in [4.78, 5) is 15.2. The molecule has 1 N–H and O–H groups in total. The molecule has 18 heavy (non-hydrogen) atoms. The molecule has 0 aromatic carbocycles. The van der Waals surface area contributed by atoms with Gasteiger partial charge in [0.1, 0.15) is 0 Å². The van der Waals surface area contributed by atoms with Crippen LogP contribution < -0.4 is 5.32 Å². The highest BCUT2D eigenvalue weighted by molar-refractivity contribution is 7.12. The Kier molecular flexibility index (Phi) is 4.73. The molecule has 0 aliphatic heterocycles. The van der Waals surface area contributed by atoms with E-state index in [1.807, 2.05) is 18.2 Å². The Morgan fingerprint density at radius 1 is 1.39 bits per heavy atom. The van der Waals surface area contributed by atoms with Crippen LogP contribution in [-0.4, -0.2) is 12.5 Å². The minimum absolute atomic E-state index is 0.0300. The minimum Gasteiger partial charge on any atom is -0.352 e. The Morgan fingerprint density at radius 3 is 2.94 bits per heavy atom. The Morgan fingerprint density at radius 2 is 2.28 bits per heavy atom. The van der Waals surface area contributed by atoms with E-state index in [1.54, 1.807) is 28.7 Å². The fraction of sp³-hybridized carbons (Fsp3) is 0.214. The van der Waals surface area contributed by atoms with Crippen LogP contribution in [0.5, 0.6) is 0 Å². The van der Waals surface area contributed by atoms with Crippen LogP contribution >= 0.6 is 22.7 Å². The molecule has 0 aliphatic carbocycles. The van der Waals surface area contributed by atoms with Gasteiger partial charge in [0.05, 0.1) is 0 Å². The molecule has 2 rings (SSSR count). The molecule has 0 atom stereocenters. The van der Waals surface area contributed by atoms with Crippen molar-refractivity contribution >= 4 is 34.7 Å². The molecule has 2 aromatic heterocycles. The third-order valence-electron chi connectivity index (χ3n) is 2.41. The summed E-state index contributed by atoms with van der Waals surface area (Å²) in [6.07, 6.45) is 4.35. The molecular weight excluding hydrogens is 262 g/mol. The first-order valence-electron chi connectivity index (χ1n) is 5.79. The second-order valence-corrected chi connectivity index (χ2v) is 6.25. The molecule has 1 amide bonds. The Bertz CT molecular complexity index is 526. The molecule has 2 aromatic rings. The molecule has 94 valence electrons. The smallest absolute Gasteiger partial charge is 0.244 e. The van der Waals surface area contributed by atoms with Gasteiger partial charge in [0.2, 0.25) is 5.91 Å². The predicted molar refractivity (Wildman–Crippen MR) is 79.1 cm³/mol. The van der Waals surface area contributed by atoms with Crippen LogP contribution in [0.3, 0.4) is 0 Å². The number of carbonyl (C=O) groups is 1. The summed E-state index contributed by atoms with van der Waals surface area (Å²) >= 11 is 3.41. The second kappa shape index (κ2) is 6.52. The Hall–Kier alpha value is -1.39. The van der Waals surface area contributed by atoms with E-state index in [0.29, 0.717) is 6.54 Å². The minimum atomic E-state index is -0.0300. The lowest BCUT2D eigenvalue weighted by Gasteiger charge is -1.99. The van der Waals surface area contributed by atoms with Crippen molar-refractivity contribution < 1.29 is 4.79 Å². The number of carbonyl (C=O) groups excluding carboxylic acids is 1. The molecule has 0 saturated carbocycles. The number of hydrogen-bond donors (Lipinski definition) is 1.